The molecule has 1 fully saturated rings. The van der Waals surface area contributed by atoms with E-state index in [1.807, 2.05) is 6.92 Å². The standard InChI is InChI=1S/C14H18ClFN2O3S/c1-2-7-17-14(19)12-4-3-8-18(12)22(20,21)13-6-5-10(16)9-11(13)15/h5-6,9,12H,2-4,7-8H2,1H3,(H,17,19)/t12-/m0/s1. The van der Waals surface area contributed by atoms with Crippen molar-refractivity contribution in [3.8, 4) is 0 Å². The molecule has 1 aliphatic rings. The first-order valence-corrected chi connectivity index (χ1v) is 8.94. The molecule has 1 N–H and O–H groups in total. The zero-order valence-electron chi connectivity index (χ0n) is 12.2. The van der Waals surface area contributed by atoms with E-state index < -0.39 is 21.9 Å². The van der Waals surface area contributed by atoms with Gasteiger partial charge in [0.2, 0.25) is 15.9 Å². The molecule has 1 atom stereocenters. The highest BCUT2D eigenvalue weighted by Crippen LogP contribution is 2.30. The average molecular weight is 349 g/mol. The van der Waals surface area contributed by atoms with Gasteiger partial charge in [-0.3, -0.25) is 4.79 Å². The van der Waals surface area contributed by atoms with Gasteiger partial charge in [-0.1, -0.05) is 18.5 Å². The van der Waals surface area contributed by atoms with E-state index in [9.17, 15) is 17.6 Å². The lowest BCUT2D eigenvalue weighted by atomic mass is 10.2. The van der Waals surface area contributed by atoms with Crippen LogP contribution in [0.25, 0.3) is 0 Å². The fourth-order valence-corrected chi connectivity index (χ4v) is 4.63. The van der Waals surface area contributed by atoms with Crippen LogP contribution in [0, 0.1) is 5.82 Å². The molecule has 0 aromatic heterocycles. The highest BCUT2D eigenvalue weighted by molar-refractivity contribution is 7.89. The van der Waals surface area contributed by atoms with Crippen molar-refractivity contribution >= 4 is 27.5 Å². The van der Waals surface area contributed by atoms with Crippen molar-refractivity contribution in [2.24, 2.45) is 0 Å². The van der Waals surface area contributed by atoms with Crippen molar-refractivity contribution < 1.29 is 17.6 Å². The maximum Gasteiger partial charge on any atom is 0.245 e. The third kappa shape index (κ3) is 3.42. The van der Waals surface area contributed by atoms with Crippen molar-refractivity contribution in [1.29, 1.82) is 0 Å². The zero-order chi connectivity index (χ0) is 16.3. The number of rotatable bonds is 5. The van der Waals surface area contributed by atoms with Crippen molar-refractivity contribution in [3.05, 3.63) is 29.0 Å². The summed E-state index contributed by atoms with van der Waals surface area (Å²) < 4.78 is 39.6. The van der Waals surface area contributed by atoms with E-state index in [2.05, 4.69) is 5.32 Å². The number of hydrogen-bond donors (Lipinski definition) is 1. The Morgan fingerprint density at radius 1 is 1.50 bits per heavy atom. The molecule has 22 heavy (non-hydrogen) atoms. The summed E-state index contributed by atoms with van der Waals surface area (Å²) in [4.78, 5) is 11.9. The van der Waals surface area contributed by atoms with Crippen molar-refractivity contribution in [3.63, 3.8) is 0 Å². The molecule has 0 bridgehead atoms. The van der Waals surface area contributed by atoms with Crippen LogP contribution in [0.5, 0.6) is 0 Å². The Bertz CT molecular complexity index is 666. The summed E-state index contributed by atoms with van der Waals surface area (Å²) in [5, 5.41) is 2.53. The van der Waals surface area contributed by atoms with Gasteiger partial charge in [-0.25, -0.2) is 12.8 Å². The highest BCUT2D eigenvalue weighted by atomic mass is 35.5. The van der Waals surface area contributed by atoms with E-state index in [0.29, 0.717) is 19.4 Å². The monoisotopic (exact) mass is 348 g/mol. The number of nitrogens with zero attached hydrogens (tertiary/aromatic N) is 1. The van der Waals surface area contributed by atoms with E-state index in [1.54, 1.807) is 0 Å². The molecule has 0 spiro atoms. The number of benzene rings is 1. The predicted octanol–water partition coefficient (Wildman–Crippen LogP) is 2.16. The minimum absolute atomic E-state index is 0.175. The van der Waals surface area contributed by atoms with Crippen LogP contribution in [-0.2, 0) is 14.8 Å². The molecule has 5 nitrogen and oxygen atoms in total. The van der Waals surface area contributed by atoms with E-state index in [1.165, 1.54) is 0 Å². The fourth-order valence-electron chi connectivity index (χ4n) is 2.47. The third-order valence-electron chi connectivity index (χ3n) is 3.54. The first kappa shape index (κ1) is 17.2. The lowest BCUT2D eigenvalue weighted by Gasteiger charge is -2.23. The van der Waals surface area contributed by atoms with Crippen molar-refractivity contribution in [2.75, 3.05) is 13.1 Å². The Kier molecular flexibility index (Phi) is 5.41. The van der Waals surface area contributed by atoms with Gasteiger partial charge in [0.15, 0.2) is 0 Å². The molecule has 0 saturated carbocycles. The molecule has 1 saturated heterocycles. The summed E-state index contributed by atoms with van der Waals surface area (Å²) in [5.41, 5.74) is 0. The SMILES string of the molecule is CCCNC(=O)[C@@H]1CCCN1S(=O)(=O)c1ccc(F)cc1Cl. The maximum absolute atomic E-state index is 13.1. The van der Waals surface area contributed by atoms with Crippen LogP contribution in [0.1, 0.15) is 26.2 Å². The average Bonchev–Trinajstić information content (AvgIpc) is 2.94. The van der Waals surface area contributed by atoms with Crippen LogP contribution in [0.2, 0.25) is 5.02 Å². The van der Waals surface area contributed by atoms with Crippen LogP contribution in [-0.4, -0.2) is 37.8 Å². The van der Waals surface area contributed by atoms with Crippen LogP contribution in [0.4, 0.5) is 4.39 Å². The second kappa shape index (κ2) is 6.93. The topological polar surface area (TPSA) is 66.5 Å². The highest BCUT2D eigenvalue weighted by Gasteiger charge is 2.40. The Labute approximate surface area is 134 Å². The maximum atomic E-state index is 13.1. The Hall–Kier alpha value is -1.18. The van der Waals surface area contributed by atoms with E-state index in [0.717, 1.165) is 28.9 Å². The van der Waals surface area contributed by atoms with Gasteiger partial charge in [0.05, 0.1) is 5.02 Å². The molecule has 0 radical (unpaired) electrons. The van der Waals surface area contributed by atoms with Gasteiger partial charge < -0.3 is 5.32 Å². The number of hydrogen-bond acceptors (Lipinski definition) is 3. The van der Waals surface area contributed by atoms with Gasteiger partial charge in [0.1, 0.15) is 16.8 Å². The van der Waals surface area contributed by atoms with Gasteiger partial charge in [-0.2, -0.15) is 4.31 Å². The number of sulfonamides is 1. The van der Waals surface area contributed by atoms with Crippen molar-refractivity contribution in [2.45, 2.75) is 37.1 Å². The number of nitrogens with one attached hydrogen (secondary N) is 1. The first-order valence-electron chi connectivity index (χ1n) is 7.12. The van der Waals surface area contributed by atoms with E-state index in [-0.39, 0.29) is 22.4 Å². The molecule has 2 rings (SSSR count). The Morgan fingerprint density at radius 3 is 2.86 bits per heavy atom. The number of halogens is 2. The molecule has 1 heterocycles. The van der Waals surface area contributed by atoms with Gasteiger partial charge in [0.25, 0.3) is 0 Å². The quantitative estimate of drug-likeness (QED) is 0.886. The Balaban J connectivity index is 2.29. The van der Waals surface area contributed by atoms with Gasteiger partial charge in [-0.15, -0.1) is 0 Å². The molecule has 1 aliphatic heterocycles. The van der Waals surface area contributed by atoms with Gasteiger partial charge >= 0.3 is 0 Å². The molecule has 1 amide bonds. The predicted molar refractivity (Wildman–Crippen MR) is 81.6 cm³/mol. The summed E-state index contributed by atoms with van der Waals surface area (Å²) >= 11 is 5.86. The lowest BCUT2D eigenvalue weighted by Crippen LogP contribution is -2.46. The van der Waals surface area contributed by atoms with Crippen LogP contribution in [0.3, 0.4) is 0 Å². The summed E-state index contributed by atoms with van der Waals surface area (Å²) in [6.07, 6.45) is 1.84. The third-order valence-corrected chi connectivity index (χ3v) is 5.93. The second-order valence-corrected chi connectivity index (χ2v) is 7.41. The Morgan fingerprint density at radius 2 is 2.23 bits per heavy atom. The summed E-state index contributed by atoms with van der Waals surface area (Å²) in [6, 6.07) is 2.39. The molecule has 1 aromatic rings. The minimum Gasteiger partial charge on any atom is -0.355 e. The lowest BCUT2D eigenvalue weighted by molar-refractivity contribution is -0.124. The number of carbonyl (C=O) groups excluding carboxylic acids is 1. The molecule has 122 valence electrons. The first-order chi connectivity index (χ1) is 10.4. The van der Waals surface area contributed by atoms with E-state index >= 15 is 0 Å². The number of amides is 1. The molecule has 8 heteroatoms. The minimum atomic E-state index is -3.93. The summed E-state index contributed by atoms with van der Waals surface area (Å²) in [6.45, 7) is 2.67. The molecular weight excluding hydrogens is 331 g/mol. The van der Waals surface area contributed by atoms with Gasteiger partial charge in [0, 0.05) is 13.1 Å². The molecule has 0 aliphatic carbocycles. The summed E-state index contributed by atoms with van der Waals surface area (Å²) in [5.74, 6) is -0.913. The number of carbonyl (C=O) groups is 1. The van der Waals surface area contributed by atoms with Crippen molar-refractivity contribution in [1.82, 2.24) is 9.62 Å². The van der Waals surface area contributed by atoms with Crippen LogP contribution >= 0.6 is 11.6 Å². The largest absolute Gasteiger partial charge is 0.355 e. The normalized spacial score (nSPS) is 19.3. The smallest absolute Gasteiger partial charge is 0.245 e. The zero-order valence-corrected chi connectivity index (χ0v) is 13.8. The second-order valence-electron chi connectivity index (χ2n) is 5.14. The molecule has 0 unspecified atom stereocenters. The molecule has 1 aromatic carbocycles. The molecular formula is C14H18ClFN2O3S. The summed E-state index contributed by atoms with van der Waals surface area (Å²) in [7, 11) is -3.93. The van der Waals surface area contributed by atoms with Crippen LogP contribution < -0.4 is 5.32 Å². The van der Waals surface area contributed by atoms with E-state index in [4.69, 9.17) is 11.6 Å². The fraction of sp³-hybridized carbons (Fsp3) is 0.500. The van der Waals surface area contributed by atoms with Gasteiger partial charge in [-0.05, 0) is 37.5 Å². The van der Waals surface area contributed by atoms with Crippen LogP contribution in [0.15, 0.2) is 23.1 Å².